The van der Waals surface area contributed by atoms with Crippen LogP contribution in [0.3, 0.4) is 0 Å². The third-order valence-corrected chi connectivity index (χ3v) is 3.24. The molecule has 1 aromatic heterocycles. The van der Waals surface area contributed by atoms with Crippen LogP contribution in [0.2, 0.25) is 0 Å². The summed E-state index contributed by atoms with van der Waals surface area (Å²) in [7, 11) is 2.93. The lowest BCUT2D eigenvalue weighted by molar-refractivity contribution is 0.0593. The molecule has 1 heterocycles. The fraction of sp³-hybridized carbons (Fsp3) is 0.286. The molecule has 0 aliphatic heterocycles. The first-order valence-electron chi connectivity index (χ1n) is 5.95. The van der Waals surface area contributed by atoms with E-state index in [2.05, 4.69) is 4.98 Å². The summed E-state index contributed by atoms with van der Waals surface area (Å²) >= 11 is 0. The molecule has 2 rings (SSSR count). The Kier molecular flexibility index (Phi) is 3.55. The van der Waals surface area contributed by atoms with Gasteiger partial charge in [-0.1, -0.05) is 24.3 Å². The highest BCUT2D eigenvalue weighted by molar-refractivity contribution is 5.88. The van der Waals surface area contributed by atoms with Crippen molar-refractivity contribution in [3.05, 3.63) is 57.3 Å². The van der Waals surface area contributed by atoms with Crippen LogP contribution in [-0.4, -0.2) is 22.6 Å². The number of rotatable bonds is 3. The predicted molar refractivity (Wildman–Crippen MR) is 71.4 cm³/mol. The van der Waals surface area contributed by atoms with Gasteiger partial charge in [0.05, 0.1) is 12.8 Å². The van der Waals surface area contributed by atoms with Gasteiger partial charge in [-0.25, -0.2) is 9.59 Å². The normalized spacial score (nSPS) is 10.5. The molecular weight excluding hydrogens is 244 g/mol. The highest BCUT2D eigenvalue weighted by Crippen LogP contribution is 2.15. The standard InChI is InChI=1S/C14H16N2O3/c1-9-6-4-5-7-10(9)8-11-12(13(17)19-3)15-14(18)16(11)2/h4-7H,8H2,1-3H3,(H,15,18). The number of aromatic amines is 1. The number of esters is 1. The minimum absolute atomic E-state index is 0.221. The highest BCUT2D eigenvalue weighted by atomic mass is 16.5. The molecule has 0 amide bonds. The van der Waals surface area contributed by atoms with Crippen LogP contribution in [0.25, 0.3) is 0 Å². The molecule has 0 fully saturated rings. The van der Waals surface area contributed by atoms with Gasteiger partial charge in [0.1, 0.15) is 5.69 Å². The van der Waals surface area contributed by atoms with Gasteiger partial charge >= 0.3 is 11.7 Å². The summed E-state index contributed by atoms with van der Waals surface area (Å²) in [6, 6.07) is 7.87. The Hall–Kier alpha value is -2.30. The van der Waals surface area contributed by atoms with Crippen molar-refractivity contribution in [3.8, 4) is 0 Å². The van der Waals surface area contributed by atoms with Crippen molar-refractivity contribution in [3.63, 3.8) is 0 Å². The Balaban J connectivity index is 2.48. The van der Waals surface area contributed by atoms with Crippen LogP contribution in [0, 0.1) is 6.92 Å². The number of benzene rings is 1. The van der Waals surface area contributed by atoms with Gasteiger partial charge in [0, 0.05) is 13.5 Å². The first-order chi connectivity index (χ1) is 9.04. The van der Waals surface area contributed by atoms with Gasteiger partial charge in [0.2, 0.25) is 0 Å². The van der Waals surface area contributed by atoms with Crippen LogP contribution in [0.4, 0.5) is 0 Å². The number of H-pyrrole nitrogens is 1. The maximum absolute atomic E-state index is 11.7. The van der Waals surface area contributed by atoms with E-state index in [-0.39, 0.29) is 11.4 Å². The maximum Gasteiger partial charge on any atom is 0.356 e. The van der Waals surface area contributed by atoms with Crippen molar-refractivity contribution in [1.82, 2.24) is 9.55 Å². The van der Waals surface area contributed by atoms with Crippen LogP contribution in [-0.2, 0) is 18.2 Å². The summed E-state index contributed by atoms with van der Waals surface area (Å²) in [4.78, 5) is 25.9. The summed E-state index contributed by atoms with van der Waals surface area (Å²) in [5.41, 5.74) is 2.72. The summed E-state index contributed by atoms with van der Waals surface area (Å²) in [6.45, 7) is 2.00. The van der Waals surface area contributed by atoms with Gasteiger partial charge < -0.3 is 4.74 Å². The van der Waals surface area contributed by atoms with E-state index in [1.807, 2.05) is 31.2 Å². The molecular formula is C14H16N2O3. The molecule has 1 aromatic carbocycles. The van der Waals surface area contributed by atoms with Crippen molar-refractivity contribution in [2.75, 3.05) is 7.11 Å². The third-order valence-electron chi connectivity index (χ3n) is 3.24. The second-order valence-corrected chi connectivity index (χ2v) is 4.41. The van der Waals surface area contributed by atoms with Crippen molar-refractivity contribution in [1.29, 1.82) is 0 Å². The Morgan fingerprint density at radius 1 is 1.37 bits per heavy atom. The molecule has 0 spiro atoms. The lowest BCUT2D eigenvalue weighted by Gasteiger charge is -2.07. The number of aryl methyl sites for hydroxylation is 1. The number of carbonyl (C=O) groups excluding carboxylic acids is 1. The molecule has 0 aliphatic carbocycles. The quantitative estimate of drug-likeness (QED) is 0.848. The number of carbonyl (C=O) groups is 1. The van der Waals surface area contributed by atoms with Gasteiger partial charge in [0.25, 0.3) is 0 Å². The van der Waals surface area contributed by atoms with E-state index in [4.69, 9.17) is 4.74 Å². The van der Waals surface area contributed by atoms with Crippen molar-refractivity contribution < 1.29 is 9.53 Å². The number of methoxy groups -OCH3 is 1. The molecule has 2 aromatic rings. The number of hydrogen-bond donors (Lipinski definition) is 1. The van der Waals surface area contributed by atoms with Gasteiger partial charge in [-0.15, -0.1) is 0 Å². The summed E-state index contributed by atoms with van der Waals surface area (Å²) in [6.07, 6.45) is 0.506. The number of aromatic nitrogens is 2. The van der Waals surface area contributed by atoms with E-state index < -0.39 is 5.97 Å². The lowest BCUT2D eigenvalue weighted by atomic mass is 10.0. The van der Waals surface area contributed by atoms with Gasteiger partial charge in [-0.2, -0.15) is 0 Å². The molecule has 19 heavy (non-hydrogen) atoms. The van der Waals surface area contributed by atoms with E-state index in [9.17, 15) is 9.59 Å². The smallest absolute Gasteiger partial charge is 0.356 e. The van der Waals surface area contributed by atoms with Crippen molar-refractivity contribution in [2.24, 2.45) is 7.05 Å². The van der Waals surface area contributed by atoms with Crippen LogP contribution < -0.4 is 5.69 Å². The molecule has 0 bridgehead atoms. The zero-order valence-corrected chi connectivity index (χ0v) is 11.2. The lowest BCUT2D eigenvalue weighted by Crippen LogP contribution is -2.14. The topological polar surface area (TPSA) is 64.1 Å². The number of nitrogens with zero attached hydrogens (tertiary/aromatic N) is 1. The van der Waals surface area contributed by atoms with E-state index in [1.165, 1.54) is 11.7 Å². The maximum atomic E-state index is 11.7. The van der Waals surface area contributed by atoms with Gasteiger partial charge in [0.15, 0.2) is 0 Å². The van der Waals surface area contributed by atoms with Gasteiger partial charge in [-0.05, 0) is 18.1 Å². The molecule has 100 valence electrons. The SMILES string of the molecule is COC(=O)c1[nH]c(=O)n(C)c1Cc1ccccc1C. The number of hydrogen-bond acceptors (Lipinski definition) is 3. The molecule has 1 N–H and O–H groups in total. The molecule has 0 aliphatic rings. The van der Waals surface area contributed by atoms with E-state index in [0.717, 1.165) is 11.1 Å². The van der Waals surface area contributed by atoms with Crippen LogP contribution in [0.5, 0.6) is 0 Å². The monoisotopic (exact) mass is 260 g/mol. The Labute approximate surface area is 110 Å². The molecule has 0 saturated carbocycles. The molecule has 0 atom stereocenters. The van der Waals surface area contributed by atoms with E-state index in [1.54, 1.807) is 7.05 Å². The second kappa shape index (κ2) is 5.14. The second-order valence-electron chi connectivity index (χ2n) is 4.41. The summed E-state index contributed by atoms with van der Waals surface area (Å²) < 4.78 is 6.13. The van der Waals surface area contributed by atoms with Crippen molar-refractivity contribution >= 4 is 5.97 Å². The first-order valence-corrected chi connectivity index (χ1v) is 5.95. The number of nitrogens with one attached hydrogen (secondary N) is 1. The Bertz CT molecular complexity index is 668. The van der Waals surface area contributed by atoms with Crippen molar-refractivity contribution in [2.45, 2.75) is 13.3 Å². The number of imidazole rings is 1. The molecule has 0 unspecified atom stereocenters. The fourth-order valence-electron chi connectivity index (χ4n) is 2.02. The number of ether oxygens (including phenoxy) is 1. The largest absolute Gasteiger partial charge is 0.464 e. The fourth-order valence-corrected chi connectivity index (χ4v) is 2.02. The summed E-state index contributed by atoms with van der Waals surface area (Å²) in [5, 5.41) is 0. The average molecular weight is 260 g/mol. The highest BCUT2D eigenvalue weighted by Gasteiger charge is 2.19. The zero-order valence-electron chi connectivity index (χ0n) is 11.2. The third kappa shape index (κ3) is 2.45. The zero-order chi connectivity index (χ0) is 14.0. The van der Waals surface area contributed by atoms with Crippen LogP contribution in [0.1, 0.15) is 27.3 Å². The Morgan fingerprint density at radius 2 is 2.05 bits per heavy atom. The van der Waals surface area contributed by atoms with Crippen LogP contribution >= 0.6 is 0 Å². The van der Waals surface area contributed by atoms with Crippen LogP contribution in [0.15, 0.2) is 29.1 Å². The minimum Gasteiger partial charge on any atom is -0.464 e. The minimum atomic E-state index is -0.527. The molecule has 0 radical (unpaired) electrons. The molecule has 0 saturated heterocycles. The molecule has 5 nitrogen and oxygen atoms in total. The Morgan fingerprint density at radius 3 is 2.68 bits per heavy atom. The molecule has 5 heteroatoms. The summed E-state index contributed by atoms with van der Waals surface area (Å²) in [5.74, 6) is -0.527. The first kappa shape index (κ1) is 13.1. The van der Waals surface area contributed by atoms with E-state index >= 15 is 0 Å². The van der Waals surface area contributed by atoms with E-state index in [0.29, 0.717) is 12.1 Å². The predicted octanol–water partition coefficient (Wildman–Crippen LogP) is 1.40. The van der Waals surface area contributed by atoms with Gasteiger partial charge in [-0.3, -0.25) is 9.55 Å². The average Bonchev–Trinajstić information content (AvgIpc) is 2.68.